The predicted molar refractivity (Wildman–Crippen MR) is 143 cm³/mol. The van der Waals surface area contributed by atoms with Gasteiger partial charge in [0.05, 0.1) is 11.4 Å². The van der Waals surface area contributed by atoms with Crippen molar-refractivity contribution in [3.05, 3.63) is 140 Å². The van der Waals surface area contributed by atoms with E-state index in [1.54, 1.807) is 0 Å². The summed E-state index contributed by atoms with van der Waals surface area (Å²) >= 11 is 4.62. The number of benzene rings is 5. The van der Waals surface area contributed by atoms with E-state index in [1.807, 2.05) is 30.3 Å². The first-order valence-electron chi connectivity index (χ1n) is 10.9. The SMILES string of the molecule is Sc1cccc(N(c2ccccc2)c2ccccc2N(c2ccccc2)c2ccccc2)c1. The summed E-state index contributed by atoms with van der Waals surface area (Å²) in [6, 6.07) is 48.2. The van der Waals surface area contributed by atoms with Crippen molar-refractivity contribution in [2.45, 2.75) is 4.90 Å². The van der Waals surface area contributed by atoms with Crippen molar-refractivity contribution in [2.24, 2.45) is 0 Å². The molecule has 0 aliphatic carbocycles. The van der Waals surface area contributed by atoms with Gasteiger partial charge in [0.2, 0.25) is 0 Å². The molecule has 5 rings (SSSR count). The fourth-order valence-corrected chi connectivity index (χ4v) is 4.28. The molecule has 0 heterocycles. The van der Waals surface area contributed by atoms with Gasteiger partial charge >= 0.3 is 0 Å². The van der Waals surface area contributed by atoms with Crippen molar-refractivity contribution in [1.82, 2.24) is 0 Å². The van der Waals surface area contributed by atoms with E-state index in [0.29, 0.717) is 0 Å². The number of hydrogen-bond donors (Lipinski definition) is 1. The minimum Gasteiger partial charge on any atom is -0.308 e. The van der Waals surface area contributed by atoms with E-state index in [9.17, 15) is 0 Å². The Morgan fingerprint density at radius 2 is 0.727 bits per heavy atom. The first-order chi connectivity index (χ1) is 16.3. The molecule has 0 spiro atoms. The third-order valence-electron chi connectivity index (χ3n) is 5.49. The van der Waals surface area contributed by atoms with Crippen LogP contribution in [0.4, 0.5) is 34.1 Å². The zero-order valence-electron chi connectivity index (χ0n) is 18.1. The van der Waals surface area contributed by atoms with Gasteiger partial charge in [-0.15, -0.1) is 12.6 Å². The quantitative estimate of drug-likeness (QED) is 0.261. The Bertz CT molecular complexity index is 1280. The first kappa shape index (κ1) is 20.9. The van der Waals surface area contributed by atoms with Crippen LogP contribution in [0, 0.1) is 0 Å². The van der Waals surface area contributed by atoms with Crippen LogP contribution in [0.15, 0.2) is 144 Å². The summed E-state index contributed by atoms with van der Waals surface area (Å²) in [4.78, 5) is 5.51. The Morgan fingerprint density at radius 1 is 0.364 bits per heavy atom. The normalized spacial score (nSPS) is 10.6. The summed E-state index contributed by atoms with van der Waals surface area (Å²) in [5.41, 5.74) is 6.52. The van der Waals surface area contributed by atoms with E-state index >= 15 is 0 Å². The second kappa shape index (κ2) is 9.68. The van der Waals surface area contributed by atoms with Gasteiger partial charge < -0.3 is 9.80 Å². The monoisotopic (exact) mass is 444 g/mol. The Hall–Kier alpha value is -3.95. The first-order valence-corrected chi connectivity index (χ1v) is 11.4. The van der Waals surface area contributed by atoms with Gasteiger partial charge in [-0.25, -0.2) is 0 Å². The van der Waals surface area contributed by atoms with Crippen LogP contribution >= 0.6 is 12.6 Å². The van der Waals surface area contributed by atoms with Crippen molar-refractivity contribution in [3.8, 4) is 0 Å². The third-order valence-corrected chi connectivity index (χ3v) is 5.77. The standard InChI is InChI=1S/C30H24N2S/c33-28-20-12-19-27(23-28)32(26-17-8-3-9-18-26)30-22-11-10-21-29(30)31(24-13-4-1-5-14-24)25-15-6-2-7-16-25/h1-23,33H. The molecule has 33 heavy (non-hydrogen) atoms. The van der Waals surface area contributed by atoms with E-state index in [1.165, 1.54) is 0 Å². The van der Waals surface area contributed by atoms with Crippen LogP contribution in [-0.4, -0.2) is 0 Å². The Labute approximate surface area is 200 Å². The Balaban J connectivity index is 1.75. The van der Waals surface area contributed by atoms with E-state index in [-0.39, 0.29) is 0 Å². The molecule has 3 heteroatoms. The minimum absolute atomic E-state index is 0.925. The molecule has 5 aromatic carbocycles. The maximum absolute atomic E-state index is 4.62. The van der Waals surface area contributed by atoms with Gasteiger partial charge in [-0.05, 0) is 66.7 Å². The van der Waals surface area contributed by atoms with Crippen LogP contribution in [-0.2, 0) is 0 Å². The van der Waals surface area contributed by atoms with Crippen LogP contribution in [0.3, 0.4) is 0 Å². The molecule has 0 aliphatic rings. The summed E-state index contributed by atoms with van der Waals surface area (Å²) in [5, 5.41) is 0. The van der Waals surface area contributed by atoms with E-state index < -0.39 is 0 Å². The fraction of sp³-hybridized carbons (Fsp3) is 0. The Morgan fingerprint density at radius 3 is 1.15 bits per heavy atom. The highest BCUT2D eigenvalue weighted by atomic mass is 32.1. The van der Waals surface area contributed by atoms with Gasteiger partial charge in [0.1, 0.15) is 0 Å². The lowest BCUT2D eigenvalue weighted by atomic mass is 10.1. The molecule has 0 amide bonds. The lowest BCUT2D eigenvalue weighted by Crippen LogP contribution is -2.16. The number of anilines is 6. The smallest absolute Gasteiger partial charge is 0.0702 e. The summed E-state index contributed by atoms with van der Waals surface area (Å²) < 4.78 is 0. The molecule has 2 nitrogen and oxygen atoms in total. The predicted octanol–water partition coefficient (Wildman–Crippen LogP) is 8.91. The van der Waals surface area contributed by atoms with Crippen LogP contribution in [0.1, 0.15) is 0 Å². The fourth-order valence-electron chi connectivity index (χ4n) is 4.06. The number of nitrogens with zero attached hydrogens (tertiary/aromatic N) is 2. The zero-order chi connectivity index (χ0) is 22.5. The van der Waals surface area contributed by atoms with Gasteiger partial charge in [-0.2, -0.15) is 0 Å². The number of thiol groups is 1. The van der Waals surface area contributed by atoms with Crippen molar-refractivity contribution in [1.29, 1.82) is 0 Å². The number of rotatable bonds is 6. The molecule has 0 bridgehead atoms. The molecule has 0 saturated carbocycles. The van der Waals surface area contributed by atoms with Crippen molar-refractivity contribution in [3.63, 3.8) is 0 Å². The minimum atomic E-state index is 0.925. The summed E-state index contributed by atoms with van der Waals surface area (Å²) in [7, 11) is 0. The van der Waals surface area contributed by atoms with Crippen molar-refractivity contribution in [2.75, 3.05) is 9.80 Å². The molecular weight excluding hydrogens is 420 g/mol. The largest absolute Gasteiger partial charge is 0.308 e. The average Bonchev–Trinajstić information content (AvgIpc) is 2.87. The molecule has 0 saturated heterocycles. The molecule has 0 aliphatic heterocycles. The lowest BCUT2D eigenvalue weighted by molar-refractivity contribution is 1.22. The maximum Gasteiger partial charge on any atom is 0.0702 e. The average molecular weight is 445 g/mol. The van der Waals surface area contributed by atoms with E-state index in [0.717, 1.165) is 39.0 Å². The van der Waals surface area contributed by atoms with Gasteiger partial charge in [-0.3, -0.25) is 0 Å². The van der Waals surface area contributed by atoms with Gasteiger partial charge in [0.25, 0.3) is 0 Å². The maximum atomic E-state index is 4.62. The third kappa shape index (κ3) is 4.50. The molecule has 0 aromatic heterocycles. The molecule has 160 valence electrons. The molecule has 0 fully saturated rings. The number of para-hydroxylation sites is 5. The Kier molecular flexibility index (Phi) is 6.14. The second-order valence-corrected chi connectivity index (χ2v) is 8.20. The summed E-state index contributed by atoms with van der Waals surface area (Å²) in [6.07, 6.45) is 0. The van der Waals surface area contributed by atoms with Crippen molar-refractivity contribution >= 4 is 46.8 Å². The van der Waals surface area contributed by atoms with Crippen LogP contribution in [0.5, 0.6) is 0 Å². The molecule has 0 N–H and O–H groups in total. The van der Waals surface area contributed by atoms with E-state index in [2.05, 4.69) is 132 Å². The van der Waals surface area contributed by atoms with E-state index in [4.69, 9.17) is 0 Å². The highest BCUT2D eigenvalue weighted by molar-refractivity contribution is 7.80. The van der Waals surface area contributed by atoms with Crippen LogP contribution in [0.2, 0.25) is 0 Å². The number of hydrogen-bond acceptors (Lipinski definition) is 3. The zero-order valence-corrected chi connectivity index (χ0v) is 19.0. The van der Waals surface area contributed by atoms with Crippen LogP contribution in [0.25, 0.3) is 0 Å². The molecule has 5 aromatic rings. The highest BCUT2D eigenvalue weighted by Gasteiger charge is 2.21. The van der Waals surface area contributed by atoms with Crippen LogP contribution < -0.4 is 9.80 Å². The molecule has 0 atom stereocenters. The lowest BCUT2D eigenvalue weighted by Gasteiger charge is -2.33. The molecular formula is C30H24N2S. The highest BCUT2D eigenvalue weighted by Crippen LogP contribution is 2.45. The summed E-state index contributed by atoms with van der Waals surface area (Å²) in [5.74, 6) is 0. The van der Waals surface area contributed by atoms with Gasteiger partial charge in [0.15, 0.2) is 0 Å². The summed E-state index contributed by atoms with van der Waals surface area (Å²) in [6.45, 7) is 0. The van der Waals surface area contributed by atoms with Gasteiger partial charge in [-0.1, -0.05) is 72.8 Å². The molecule has 0 radical (unpaired) electrons. The second-order valence-electron chi connectivity index (χ2n) is 7.69. The topological polar surface area (TPSA) is 6.48 Å². The van der Waals surface area contributed by atoms with Gasteiger partial charge in [0, 0.05) is 27.6 Å². The van der Waals surface area contributed by atoms with Crippen molar-refractivity contribution < 1.29 is 0 Å². The molecule has 0 unspecified atom stereocenters.